The summed E-state index contributed by atoms with van der Waals surface area (Å²) in [7, 11) is 4.05. The van der Waals surface area contributed by atoms with Crippen LogP contribution in [0.3, 0.4) is 0 Å². The number of hydrogen-bond acceptors (Lipinski definition) is 2. The molecule has 2 aromatic carbocycles. The van der Waals surface area contributed by atoms with E-state index in [1.54, 1.807) is 0 Å². The molecule has 0 saturated carbocycles. The van der Waals surface area contributed by atoms with Crippen LogP contribution in [0, 0.1) is 0 Å². The van der Waals surface area contributed by atoms with Gasteiger partial charge in [-0.3, -0.25) is 4.99 Å². The molecule has 0 aliphatic carbocycles. The van der Waals surface area contributed by atoms with Crippen molar-refractivity contribution in [1.29, 1.82) is 0 Å². The van der Waals surface area contributed by atoms with Gasteiger partial charge in [-0.1, -0.05) is 60.7 Å². The number of aliphatic imine (C=N–C) groups is 1. The second-order valence-corrected chi connectivity index (χ2v) is 6.98. The second-order valence-electron chi connectivity index (χ2n) is 6.98. The van der Waals surface area contributed by atoms with E-state index in [1.165, 1.54) is 30.5 Å². The fourth-order valence-electron chi connectivity index (χ4n) is 3.67. The molecule has 3 rings (SSSR count). The van der Waals surface area contributed by atoms with E-state index in [9.17, 15) is 0 Å². The number of nitrogens with one attached hydrogen (secondary N) is 2. The van der Waals surface area contributed by atoms with E-state index in [1.807, 2.05) is 7.05 Å². The smallest absolute Gasteiger partial charge is 0.191 e. The van der Waals surface area contributed by atoms with Gasteiger partial charge in [0.2, 0.25) is 0 Å². The van der Waals surface area contributed by atoms with Gasteiger partial charge >= 0.3 is 0 Å². The molecule has 1 atom stereocenters. The summed E-state index contributed by atoms with van der Waals surface area (Å²) in [6, 6.07) is 21.9. The van der Waals surface area contributed by atoms with Crippen molar-refractivity contribution in [2.75, 3.05) is 33.7 Å². The van der Waals surface area contributed by atoms with Crippen LogP contribution in [0.4, 0.5) is 0 Å². The van der Waals surface area contributed by atoms with Crippen LogP contribution in [0.2, 0.25) is 0 Å². The molecular weight excluding hydrogens is 320 g/mol. The second kappa shape index (κ2) is 9.39. The van der Waals surface area contributed by atoms with Gasteiger partial charge in [0, 0.05) is 32.1 Å². The van der Waals surface area contributed by atoms with Gasteiger partial charge in [0.25, 0.3) is 0 Å². The first kappa shape index (κ1) is 18.5. The van der Waals surface area contributed by atoms with Crippen LogP contribution in [0.25, 0.3) is 0 Å². The zero-order valence-corrected chi connectivity index (χ0v) is 15.9. The Morgan fingerprint density at radius 1 is 1.04 bits per heavy atom. The molecule has 1 aliphatic heterocycles. The van der Waals surface area contributed by atoms with Crippen LogP contribution in [0.15, 0.2) is 65.7 Å². The third kappa shape index (κ3) is 4.85. The molecule has 4 heteroatoms. The molecule has 0 bridgehead atoms. The van der Waals surface area contributed by atoms with Gasteiger partial charge in [-0.15, -0.1) is 0 Å². The lowest BCUT2D eigenvalue weighted by atomic mass is 9.91. The number of hydrogen-bond donors (Lipinski definition) is 2. The Morgan fingerprint density at radius 3 is 2.15 bits per heavy atom. The first-order valence-electron chi connectivity index (χ1n) is 9.52. The van der Waals surface area contributed by atoms with Gasteiger partial charge in [0.05, 0.1) is 0 Å². The quantitative estimate of drug-likeness (QED) is 0.621. The lowest BCUT2D eigenvalue weighted by Gasteiger charge is -2.23. The number of benzene rings is 2. The summed E-state index contributed by atoms with van der Waals surface area (Å²) in [6.07, 6.45) is 2.55. The van der Waals surface area contributed by atoms with Crippen molar-refractivity contribution >= 4 is 5.96 Å². The molecule has 1 heterocycles. The van der Waals surface area contributed by atoms with Crippen LogP contribution < -0.4 is 10.6 Å². The number of nitrogens with zero attached hydrogens (tertiary/aromatic N) is 2. The predicted octanol–water partition coefficient (Wildman–Crippen LogP) is 3.08. The maximum absolute atomic E-state index is 4.41. The topological polar surface area (TPSA) is 39.7 Å². The minimum absolute atomic E-state index is 0.296. The van der Waals surface area contributed by atoms with Crippen molar-refractivity contribution in [1.82, 2.24) is 15.5 Å². The summed E-state index contributed by atoms with van der Waals surface area (Å²) in [6.45, 7) is 2.95. The first-order valence-corrected chi connectivity index (χ1v) is 9.52. The van der Waals surface area contributed by atoms with E-state index in [0.717, 1.165) is 19.0 Å². The van der Waals surface area contributed by atoms with E-state index in [-0.39, 0.29) is 0 Å². The lowest BCUT2D eigenvalue weighted by Crippen LogP contribution is -2.45. The van der Waals surface area contributed by atoms with E-state index >= 15 is 0 Å². The number of likely N-dealkylation sites (tertiary alicyclic amines) is 1. The number of guanidine groups is 1. The molecule has 4 nitrogen and oxygen atoms in total. The average Bonchev–Trinajstić information content (AvgIpc) is 3.11. The molecule has 0 aromatic heterocycles. The molecule has 0 spiro atoms. The minimum atomic E-state index is 0.296. The van der Waals surface area contributed by atoms with Gasteiger partial charge < -0.3 is 15.5 Å². The molecular formula is C22H30N4. The van der Waals surface area contributed by atoms with Gasteiger partial charge in [0.1, 0.15) is 0 Å². The van der Waals surface area contributed by atoms with Crippen LogP contribution in [-0.2, 0) is 0 Å². The maximum Gasteiger partial charge on any atom is 0.191 e. The van der Waals surface area contributed by atoms with Gasteiger partial charge in [0.15, 0.2) is 5.96 Å². The zero-order chi connectivity index (χ0) is 18.2. The van der Waals surface area contributed by atoms with E-state index < -0.39 is 0 Å². The third-order valence-corrected chi connectivity index (χ3v) is 5.28. The van der Waals surface area contributed by atoms with Crippen molar-refractivity contribution in [3.05, 3.63) is 71.8 Å². The molecule has 0 amide bonds. The van der Waals surface area contributed by atoms with Gasteiger partial charge in [-0.25, -0.2) is 0 Å². The van der Waals surface area contributed by atoms with Crippen LogP contribution >= 0.6 is 0 Å². The van der Waals surface area contributed by atoms with E-state index in [0.29, 0.717) is 12.0 Å². The van der Waals surface area contributed by atoms with E-state index in [2.05, 4.69) is 88.2 Å². The Labute approximate surface area is 157 Å². The summed E-state index contributed by atoms with van der Waals surface area (Å²) >= 11 is 0. The highest BCUT2D eigenvalue weighted by atomic mass is 15.2. The maximum atomic E-state index is 4.41. The third-order valence-electron chi connectivity index (χ3n) is 5.28. The summed E-state index contributed by atoms with van der Waals surface area (Å²) in [5.41, 5.74) is 2.63. The Kier molecular flexibility index (Phi) is 6.67. The van der Waals surface area contributed by atoms with Crippen molar-refractivity contribution in [2.24, 2.45) is 4.99 Å². The predicted molar refractivity (Wildman–Crippen MR) is 110 cm³/mol. The monoisotopic (exact) mass is 350 g/mol. The highest BCUT2D eigenvalue weighted by molar-refractivity contribution is 5.79. The first-order chi connectivity index (χ1) is 12.8. The molecule has 0 radical (unpaired) electrons. The minimum Gasteiger partial charge on any atom is -0.355 e. The highest BCUT2D eigenvalue weighted by Gasteiger charge is 2.21. The van der Waals surface area contributed by atoms with Crippen molar-refractivity contribution in [2.45, 2.75) is 24.8 Å². The molecule has 2 N–H and O–H groups in total. The summed E-state index contributed by atoms with van der Waals surface area (Å²) in [5.74, 6) is 1.17. The normalized spacial score (nSPS) is 18.3. The van der Waals surface area contributed by atoms with E-state index in [4.69, 9.17) is 0 Å². The van der Waals surface area contributed by atoms with Crippen molar-refractivity contribution < 1.29 is 0 Å². The Morgan fingerprint density at radius 2 is 1.65 bits per heavy atom. The fourth-order valence-corrected chi connectivity index (χ4v) is 3.67. The Hall–Kier alpha value is -2.33. The SMILES string of the molecule is CN=C(NCC(c1ccccc1)c1ccccc1)NCC1CCCN1C. The highest BCUT2D eigenvalue weighted by Crippen LogP contribution is 2.23. The molecule has 2 aromatic rings. The van der Waals surface area contributed by atoms with Crippen LogP contribution in [-0.4, -0.2) is 50.6 Å². The summed E-state index contributed by atoms with van der Waals surface area (Å²) < 4.78 is 0. The van der Waals surface area contributed by atoms with Gasteiger partial charge in [-0.2, -0.15) is 0 Å². The standard InChI is InChI=1S/C22H30N4/c1-23-22(24-16-20-14-9-15-26(20)2)25-17-21(18-10-5-3-6-11-18)19-12-7-4-8-13-19/h3-8,10-13,20-21H,9,14-17H2,1-2H3,(H2,23,24,25). The number of likely N-dealkylation sites (N-methyl/N-ethyl adjacent to an activating group) is 1. The summed E-state index contributed by atoms with van der Waals surface area (Å²) in [5, 5.41) is 7.02. The van der Waals surface area contributed by atoms with Crippen molar-refractivity contribution in [3.63, 3.8) is 0 Å². The van der Waals surface area contributed by atoms with Crippen LogP contribution in [0.1, 0.15) is 29.9 Å². The van der Waals surface area contributed by atoms with Gasteiger partial charge in [-0.05, 0) is 37.6 Å². The molecule has 1 unspecified atom stereocenters. The average molecular weight is 351 g/mol. The Balaban J connectivity index is 1.63. The zero-order valence-electron chi connectivity index (χ0n) is 15.9. The van der Waals surface area contributed by atoms with Crippen LogP contribution in [0.5, 0.6) is 0 Å². The Bertz CT molecular complexity index is 644. The van der Waals surface area contributed by atoms with Crippen molar-refractivity contribution in [3.8, 4) is 0 Å². The largest absolute Gasteiger partial charge is 0.355 e. The number of rotatable bonds is 6. The lowest BCUT2D eigenvalue weighted by molar-refractivity contribution is 0.309. The fraction of sp³-hybridized carbons (Fsp3) is 0.409. The molecule has 1 aliphatic rings. The summed E-state index contributed by atoms with van der Waals surface area (Å²) in [4.78, 5) is 6.84. The molecule has 138 valence electrons. The molecule has 26 heavy (non-hydrogen) atoms. The molecule has 1 saturated heterocycles. The molecule has 1 fully saturated rings.